The van der Waals surface area contributed by atoms with E-state index in [4.69, 9.17) is 18.8 Å². The van der Waals surface area contributed by atoms with Crippen LogP contribution in [0.15, 0.2) is 59.2 Å². The minimum atomic E-state index is -1.05. The first kappa shape index (κ1) is 25.2. The number of ether oxygens (including phenoxy) is 3. The van der Waals surface area contributed by atoms with Gasteiger partial charge in [-0.15, -0.1) is 0 Å². The van der Waals surface area contributed by atoms with Gasteiger partial charge in [0.15, 0.2) is 29.7 Å². The Kier molecular flexibility index (Phi) is 7.18. The van der Waals surface area contributed by atoms with Crippen LogP contribution in [0.3, 0.4) is 0 Å². The summed E-state index contributed by atoms with van der Waals surface area (Å²) in [6.45, 7) is 2.63. The highest BCUT2D eigenvalue weighted by atomic mass is 19.2. The fraction of sp³-hybridized carbons (Fsp3) is 0.222. The van der Waals surface area contributed by atoms with Gasteiger partial charge in [0.2, 0.25) is 6.79 Å². The average Bonchev–Trinajstić information content (AvgIpc) is 3.53. The van der Waals surface area contributed by atoms with Gasteiger partial charge < -0.3 is 19.5 Å². The van der Waals surface area contributed by atoms with Crippen molar-refractivity contribution in [2.45, 2.75) is 20.0 Å². The third-order valence-electron chi connectivity index (χ3n) is 5.93. The molecule has 3 aromatic carbocycles. The highest BCUT2D eigenvalue weighted by molar-refractivity contribution is 5.91. The molecule has 0 radical (unpaired) electrons. The predicted molar refractivity (Wildman–Crippen MR) is 133 cm³/mol. The largest absolute Gasteiger partial charge is 0.483 e. The summed E-state index contributed by atoms with van der Waals surface area (Å²) in [7, 11) is 1.92. The van der Waals surface area contributed by atoms with Gasteiger partial charge in [-0.3, -0.25) is 9.69 Å². The van der Waals surface area contributed by atoms with Crippen molar-refractivity contribution in [3.05, 3.63) is 83.2 Å². The summed E-state index contributed by atoms with van der Waals surface area (Å²) >= 11 is 0. The lowest BCUT2D eigenvalue weighted by atomic mass is 10.0. The van der Waals surface area contributed by atoms with Gasteiger partial charge >= 0.3 is 0 Å². The Labute approximate surface area is 216 Å². The number of anilines is 1. The van der Waals surface area contributed by atoms with Crippen LogP contribution in [0.1, 0.15) is 17.0 Å². The summed E-state index contributed by atoms with van der Waals surface area (Å²) < 4.78 is 48.2. The summed E-state index contributed by atoms with van der Waals surface area (Å²) in [6, 6.07) is 14.5. The Morgan fingerprint density at radius 1 is 0.974 bits per heavy atom. The number of halogens is 2. The molecule has 2 heterocycles. The molecular formula is C27H24F2N4O5. The number of rotatable bonds is 9. The molecule has 0 unspecified atom stereocenters. The number of hydrogen-bond donors (Lipinski definition) is 1. The summed E-state index contributed by atoms with van der Waals surface area (Å²) in [4.78, 5) is 14.5. The maximum Gasteiger partial charge on any atom is 0.262 e. The van der Waals surface area contributed by atoms with Crippen molar-refractivity contribution >= 4 is 11.6 Å². The van der Waals surface area contributed by atoms with Crippen LogP contribution in [0, 0.1) is 18.6 Å². The van der Waals surface area contributed by atoms with Crippen molar-refractivity contribution in [1.82, 2.24) is 15.2 Å². The van der Waals surface area contributed by atoms with Crippen molar-refractivity contribution in [3.63, 3.8) is 0 Å². The standard InChI is InChI=1S/C27H24F2N4O5/c1-16-23(32-38-31-16)13-33(2)12-19-9-17(18-4-8-25-26(10-18)37-15-36-25)3-7-24(19)35-14-27(34)30-20-5-6-21(28)22(29)11-20/h3-11H,12-15H2,1-2H3,(H,30,34). The van der Waals surface area contributed by atoms with Crippen LogP contribution in [0.4, 0.5) is 14.5 Å². The Bertz CT molecular complexity index is 1480. The van der Waals surface area contributed by atoms with Crippen LogP contribution >= 0.6 is 0 Å². The molecule has 0 spiro atoms. The topological polar surface area (TPSA) is 99.0 Å². The number of nitrogens with zero attached hydrogens (tertiary/aromatic N) is 3. The zero-order chi connectivity index (χ0) is 26.6. The van der Waals surface area contributed by atoms with Crippen LogP contribution in [-0.4, -0.2) is 41.6 Å². The molecule has 38 heavy (non-hydrogen) atoms. The highest BCUT2D eigenvalue weighted by Gasteiger charge is 2.17. The molecule has 1 aromatic heterocycles. The van der Waals surface area contributed by atoms with E-state index in [1.807, 2.05) is 49.2 Å². The van der Waals surface area contributed by atoms with Gasteiger partial charge in [0.25, 0.3) is 5.91 Å². The predicted octanol–water partition coefficient (Wildman–Crippen LogP) is 4.70. The van der Waals surface area contributed by atoms with Crippen molar-refractivity contribution < 1.29 is 32.4 Å². The van der Waals surface area contributed by atoms with E-state index in [9.17, 15) is 13.6 Å². The summed E-state index contributed by atoms with van der Waals surface area (Å²) in [5.74, 6) is -0.698. The number of aryl methyl sites for hydroxylation is 1. The van der Waals surface area contributed by atoms with E-state index in [0.29, 0.717) is 41.7 Å². The van der Waals surface area contributed by atoms with Crippen molar-refractivity contribution in [1.29, 1.82) is 0 Å². The van der Waals surface area contributed by atoms with E-state index < -0.39 is 17.5 Å². The second-order valence-electron chi connectivity index (χ2n) is 8.82. The molecule has 11 heteroatoms. The second-order valence-corrected chi connectivity index (χ2v) is 8.82. The summed E-state index contributed by atoms with van der Waals surface area (Å²) in [5, 5.41) is 10.3. The first-order valence-corrected chi connectivity index (χ1v) is 11.7. The number of fused-ring (bicyclic) bond motifs is 1. The lowest BCUT2D eigenvalue weighted by Gasteiger charge is -2.19. The lowest BCUT2D eigenvalue weighted by Crippen LogP contribution is -2.22. The molecule has 0 aliphatic carbocycles. The molecule has 9 nitrogen and oxygen atoms in total. The van der Waals surface area contributed by atoms with E-state index in [1.165, 1.54) is 6.07 Å². The first-order chi connectivity index (χ1) is 18.4. The van der Waals surface area contributed by atoms with Gasteiger partial charge in [-0.2, -0.15) is 0 Å². The molecule has 0 saturated heterocycles. The maximum absolute atomic E-state index is 13.5. The van der Waals surface area contributed by atoms with Gasteiger partial charge in [-0.1, -0.05) is 22.4 Å². The van der Waals surface area contributed by atoms with E-state index in [0.717, 1.165) is 28.8 Å². The second kappa shape index (κ2) is 10.9. The van der Waals surface area contributed by atoms with Crippen LogP contribution in [-0.2, 0) is 17.9 Å². The number of nitrogens with one attached hydrogen (secondary N) is 1. The fourth-order valence-electron chi connectivity index (χ4n) is 4.01. The number of amides is 1. The molecule has 196 valence electrons. The van der Waals surface area contributed by atoms with Gasteiger partial charge in [-0.05, 0) is 61.5 Å². The lowest BCUT2D eigenvalue weighted by molar-refractivity contribution is -0.118. The Hall–Kier alpha value is -4.51. The van der Waals surface area contributed by atoms with Gasteiger partial charge in [-0.25, -0.2) is 13.4 Å². The molecule has 4 aromatic rings. The number of carbonyl (C=O) groups is 1. The fourth-order valence-corrected chi connectivity index (χ4v) is 4.01. The maximum atomic E-state index is 13.5. The molecule has 0 fully saturated rings. The Morgan fingerprint density at radius 2 is 1.76 bits per heavy atom. The summed E-state index contributed by atoms with van der Waals surface area (Å²) in [6.07, 6.45) is 0. The monoisotopic (exact) mass is 522 g/mol. The molecule has 1 aliphatic heterocycles. The van der Waals surface area contributed by atoms with Gasteiger partial charge in [0.05, 0.1) is 0 Å². The van der Waals surface area contributed by atoms with E-state index >= 15 is 0 Å². The van der Waals surface area contributed by atoms with Crippen molar-refractivity contribution in [2.75, 3.05) is 25.8 Å². The van der Waals surface area contributed by atoms with Crippen molar-refractivity contribution in [3.8, 4) is 28.4 Å². The van der Waals surface area contributed by atoms with Crippen LogP contribution in [0.5, 0.6) is 17.2 Å². The van der Waals surface area contributed by atoms with Crippen LogP contribution < -0.4 is 19.5 Å². The van der Waals surface area contributed by atoms with Crippen molar-refractivity contribution in [2.24, 2.45) is 0 Å². The van der Waals surface area contributed by atoms with E-state index in [-0.39, 0.29) is 19.1 Å². The van der Waals surface area contributed by atoms with Gasteiger partial charge in [0.1, 0.15) is 17.1 Å². The quantitative estimate of drug-likeness (QED) is 0.338. The Morgan fingerprint density at radius 3 is 2.55 bits per heavy atom. The van der Waals surface area contributed by atoms with E-state index in [1.54, 1.807) is 6.07 Å². The zero-order valence-electron chi connectivity index (χ0n) is 20.7. The molecule has 5 rings (SSSR count). The normalized spacial score (nSPS) is 12.1. The van der Waals surface area contributed by atoms with E-state index in [2.05, 4.69) is 15.6 Å². The first-order valence-electron chi connectivity index (χ1n) is 11.7. The number of benzene rings is 3. The van der Waals surface area contributed by atoms with Crippen LogP contribution in [0.2, 0.25) is 0 Å². The molecule has 0 bridgehead atoms. The molecule has 1 N–H and O–H groups in total. The average molecular weight is 523 g/mol. The van der Waals surface area contributed by atoms with Crippen LogP contribution in [0.25, 0.3) is 11.1 Å². The zero-order valence-corrected chi connectivity index (χ0v) is 20.7. The molecule has 0 saturated carbocycles. The molecular weight excluding hydrogens is 498 g/mol. The highest BCUT2D eigenvalue weighted by Crippen LogP contribution is 2.37. The third-order valence-corrected chi connectivity index (χ3v) is 5.93. The SMILES string of the molecule is Cc1nonc1CN(C)Cc1cc(-c2ccc3c(c2)OCO3)ccc1OCC(=O)Nc1ccc(F)c(F)c1. The number of aromatic nitrogens is 2. The summed E-state index contributed by atoms with van der Waals surface area (Å²) in [5.41, 5.74) is 4.22. The third kappa shape index (κ3) is 5.73. The number of carbonyl (C=O) groups excluding carboxylic acids is 1. The minimum absolute atomic E-state index is 0.132. The number of hydrogen-bond acceptors (Lipinski definition) is 8. The molecule has 1 aliphatic rings. The Balaban J connectivity index is 1.34. The molecule has 0 atom stereocenters. The van der Waals surface area contributed by atoms with Gasteiger partial charge in [0, 0.05) is 30.4 Å². The molecule has 1 amide bonds. The smallest absolute Gasteiger partial charge is 0.262 e. The minimum Gasteiger partial charge on any atom is -0.483 e.